The van der Waals surface area contributed by atoms with Crippen LogP contribution >= 0.6 is 0 Å². The Bertz CT molecular complexity index is 812. The average Bonchev–Trinajstić information content (AvgIpc) is 2.93. The Labute approximate surface area is 140 Å². The zero-order valence-electron chi connectivity index (χ0n) is 13.7. The van der Waals surface area contributed by atoms with Crippen LogP contribution in [0.15, 0.2) is 47.5 Å². The Morgan fingerprint density at radius 1 is 1.25 bits per heavy atom. The van der Waals surface area contributed by atoms with E-state index in [0.717, 1.165) is 5.69 Å². The number of hydrogen-bond donors (Lipinski definition) is 1. The van der Waals surface area contributed by atoms with Gasteiger partial charge in [-0.3, -0.25) is 15.0 Å². The third-order valence-electron chi connectivity index (χ3n) is 3.77. The molecule has 1 aromatic heterocycles. The molecule has 1 atom stereocenters. The summed E-state index contributed by atoms with van der Waals surface area (Å²) in [5, 5.41) is 10.6. The molecule has 1 N–H and O–H groups in total. The number of aromatic nitrogens is 1. The predicted molar refractivity (Wildman–Crippen MR) is 90.1 cm³/mol. The van der Waals surface area contributed by atoms with Crippen molar-refractivity contribution >= 4 is 15.7 Å². The smallest absolute Gasteiger partial charge is 0.269 e. The van der Waals surface area contributed by atoms with E-state index in [1.54, 1.807) is 0 Å². The highest BCUT2D eigenvalue weighted by atomic mass is 32.2. The van der Waals surface area contributed by atoms with Gasteiger partial charge in [-0.1, -0.05) is 0 Å². The zero-order chi connectivity index (χ0) is 17.9. The van der Waals surface area contributed by atoms with Gasteiger partial charge in [-0.05, 0) is 38.4 Å². The first-order valence-corrected chi connectivity index (χ1v) is 8.72. The minimum atomic E-state index is -3.74. The van der Waals surface area contributed by atoms with Gasteiger partial charge in [-0.15, -0.1) is 0 Å². The lowest BCUT2D eigenvalue weighted by Gasteiger charge is -2.25. The number of nitro groups is 1. The highest BCUT2D eigenvalue weighted by molar-refractivity contribution is 7.89. The Hall–Kier alpha value is -2.23. The molecule has 0 saturated heterocycles. The normalized spacial score (nSPS) is 13.2. The summed E-state index contributed by atoms with van der Waals surface area (Å²) < 4.78 is 29.3. The van der Waals surface area contributed by atoms with E-state index in [2.05, 4.69) is 4.72 Å². The fourth-order valence-corrected chi connectivity index (χ4v) is 3.43. The minimum absolute atomic E-state index is 0.00233. The average molecular weight is 352 g/mol. The van der Waals surface area contributed by atoms with Crippen LogP contribution < -0.4 is 4.72 Å². The number of rotatable bonds is 7. The second-order valence-corrected chi connectivity index (χ2v) is 7.39. The van der Waals surface area contributed by atoms with Crippen LogP contribution in [-0.2, 0) is 17.1 Å². The molecule has 1 unspecified atom stereocenters. The number of benzene rings is 1. The number of sulfonamides is 1. The van der Waals surface area contributed by atoms with Crippen LogP contribution in [0.2, 0.25) is 0 Å². The summed E-state index contributed by atoms with van der Waals surface area (Å²) in [5.74, 6) is 0. The van der Waals surface area contributed by atoms with E-state index in [9.17, 15) is 18.5 Å². The Balaban J connectivity index is 2.16. The Kier molecular flexibility index (Phi) is 5.37. The number of aryl methyl sites for hydroxylation is 1. The lowest BCUT2D eigenvalue weighted by molar-refractivity contribution is -0.384. The maximum absolute atomic E-state index is 12.4. The van der Waals surface area contributed by atoms with Gasteiger partial charge in [-0.2, -0.15) is 0 Å². The summed E-state index contributed by atoms with van der Waals surface area (Å²) in [6, 6.07) is 8.51. The molecule has 0 amide bonds. The van der Waals surface area contributed by atoms with E-state index in [4.69, 9.17) is 0 Å². The molecular weight excluding hydrogens is 332 g/mol. The summed E-state index contributed by atoms with van der Waals surface area (Å²) in [6.45, 7) is 0.185. The first-order chi connectivity index (χ1) is 11.2. The molecule has 0 spiro atoms. The second-order valence-electron chi connectivity index (χ2n) is 5.63. The van der Waals surface area contributed by atoms with Gasteiger partial charge < -0.3 is 4.57 Å². The van der Waals surface area contributed by atoms with Gasteiger partial charge in [0.25, 0.3) is 5.69 Å². The molecule has 0 fully saturated rings. The number of non-ortho nitro benzene ring substituents is 1. The second kappa shape index (κ2) is 7.12. The van der Waals surface area contributed by atoms with Crippen molar-refractivity contribution in [2.45, 2.75) is 10.9 Å². The quantitative estimate of drug-likeness (QED) is 0.602. The molecular formula is C15H20N4O4S. The van der Waals surface area contributed by atoms with Crippen molar-refractivity contribution in [3.63, 3.8) is 0 Å². The van der Waals surface area contributed by atoms with Crippen LogP contribution in [0, 0.1) is 10.1 Å². The number of nitrogens with one attached hydrogen (secondary N) is 1. The van der Waals surface area contributed by atoms with Crippen molar-refractivity contribution in [1.29, 1.82) is 0 Å². The van der Waals surface area contributed by atoms with E-state index >= 15 is 0 Å². The SMILES string of the molecule is CN(C)C(CNS(=O)(=O)c1ccc([N+](=O)[O-])cc1)c1cccn1C. The highest BCUT2D eigenvalue weighted by Crippen LogP contribution is 2.19. The Morgan fingerprint density at radius 2 is 1.88 bits per heavy atom. The number of nitro benzene ring substituents is 1. The molecule has 0 aliphatic carbocycles. The summed E-state index contributed by atoms with van der Waals surface area (Å²) in [5.41, 5.74) is 0.829. The fraction of sp³-hybridized carbons (Fsp3) is 0.333. The molecule has 24 heavy (non-hydrogen) atoms. The van der Waals surface area contributed by atoms with Gasteiger partial charge in [0, 0.05) is 37.6 Å². The van der Waals surface area contributed by atoms with E-state index in [-0.39, 0.29) is 23.2 Å². The standard InChI is InChI=1S/C15H20N4O4S/c1-17(2)15(14-5-4-10-18(14)3)11-16-24(22,23)13-8-6-12(7-9-13)19(20)21/h4-10,15-16H,11H2,1-3H3. The van der Waals surface area contributed by atoms with Crippen LogP contribution in [0.1, 0.15) is 11.7 Å². The third-order valence-corrected chi connectivity index (χ3v) is 5.21. The zero-order valence-corrected chi connectivity index (χ0v) is 14.5. The molecule has 0 aliphatic rings. The highest BCUT2D eigenvalue weighted by Gasteiger charge is 2.21. The number of likely N-dealkylation sites (N-methyl/N-ethyl adjacent to an activating group) is 1. The summed E-state index contributed by atoms with van der Waals surface area (Å²) in [7, 11) is 1.90. The fourth-order valence-electron chi connectivity index (χ4n) is 2.39. The predicted octanol–water partition coefficient (Wildman–Crippen LogP) is 1.51. The molecule has 8 nitrogen and oxygen atoms in total. The van der Waals surface area contributed by atoms with E-state index in [0.29, 0.717) is 0 Å². The first-order valence-electron chi connectivity index (χ1n) is 7.24. The lowest BCUT2D eigenvalue weighted by atomic mass is 10.2. The molecule has 2 rings (SSSR count). The van der Waals surface area contributed by atoms with Crippen molar-refractivity contribution in [3.8, 4) is 0 Å². The van der Waals surface area contributed by atoms with Crippen molar-refractivity contribution in [2.24, 2.45) is 7.05 Å². The molecule has 0 bridgehead atoms. The molecule has 1 heterocycles. The van der Waals surface area contributed by atoms with E-state index < -0.39 is 14.9 Å². The number of nitrogens with zero attached hydrogens (tertiary/aromatic N) is 3. The molecule has 0 aliphatic heterocycles. The molecule has 130 valence electrons. The van der Waals surface area contributed by atoms with Crippen molar-refractivity contribution in [2.75, 3.05) is 20.6 Å². The van der Waals surface area contributed by atoms with Crippen molar-refractivity contribution in [1.82, 2.24) is 14.2 Å². The van der Waals surface area contributed by atoms with E-state index in [1.165, 1.54) is 24.3 Å². The maximum Gasteiger partial charge on any atom is 0.269 e. The van der Waals surface area contributed by atoms with Gasteiger partial charge in [0.05, 0.1) is 15.9 Å². The molecule has 1 aromatic carbocycles. The van der Waals surface area contributed by atoms with Crippen LogP contribution in [0.4, 0.5) is 5.69 Å². The van der Waals surface area contributed by atoms with Gasteiger partial charge in [0.15, 0.2) is 0 Å². The topological polar surface area (TPSA) is 97.5 Å². The summed E-state index contributed by atoms with van der Waals surface area (Å²) >= 11 is 0. The van der Waals surface area contributed by atoms with Crippen LogP contribution in [0.25, 0.3) is 0 Å². The maximum atomic E-state index is 12.4. The third kappa shape index (κ3) is 3.99. The van der Waals surface area contributed by atoms with Crippen LogP contribution in [-0.4, -0.2) is 43.4 Å². The van der Waals surface area contributed by atoms with Crippen molar-refractivity contribution < 1.29 is 13.3 Å². The van der Waals surface area contributed by atoms with Gasteiger partial charge >= 0.3 is 0 Å². The monoisotopic (exact) mass is 352 g/mol. The van der Waals surface area contributed by atoms with E-state index in [1.807, 2.05) is 48.9 Å². The van der Waals surface area contributed by atoms with Gasteiger partial charge in [0.1, 0.15) is 0 Å². The Morgan fingerprint density at radius 3 is 2.33 bits per heavy atom. The summed E-state index contributed by atoms with van der Waals surface area (Å²) in [4.78, 5) is 12.0. The van der Waals surface area contributed by atoms with Crippen LogP contribution in [0.3, 0.4) is 0 Å². The van der Waals surface area contributed by atoms with Crippen LogP contribution in [0.5, 0.6) is 0 Å². The number of hydrogen-bond acceptors (Lipinski definition) is 5. The van der Waals surface area contributed by atoms with Gasteiger partial charge in [0.2, 0.25) is 10.0 Å². The molecule has 9 heteroatoms. The molecule has 0 saturated carbocycles. The summed E-state index contributed by atoms with van der Waals surface area (Å²) in [6.07, 6.45) is 1.90. The largest absolute Gasteiger partial charge is 0.353 e. The van der Waals surface area contributed by atoms with Crippen molar-refractivity contribution in [3.05, 3.63) is 58.4 Å². The first kappa shape index (κ1) is 18.1. The lowest BCUT2D eigenvalue weighted by Crippen LogP contribution is -2.35. The molecule has 2 aromatic rings. The molecule has 0 radical (unpaired) electrons. The minimum Gasteiger partial charge on any atom is -0.353 e. The van der Waals surface area contributed by atoms with Gasteiger partial charge in [-0.25, -0.2) is 13.1 Å².